The van der Waals surface area contributed by atoms with Crippen molar-refractivity contribution in [1.82, 2.24) is 9.97 Å². The van der Waals surface area contributed by atoms with E-state index in [-0.39, 0.29) is 18.0 Å². The van der Waals surface area contributed by atoms with E-state index in [2.05, 4.69) is 25.9 Å². The first-order valence-corrected chi connectivity index (χ1v) is 11.0. The fourth-order valence-electron chi connectivity index (χ4n) is 2.75. The van der Waals surface area contributed by atoms with Gasteiger partial charge in [0, 0.05) is 23.2 Å². The molecular formula is C20H16N6O4S2. The minimum Gasteiger partial charge on any atom is -0.308 e. The molecule has 0 saturated carbocycles. The minimum atomic E-state index is -0.480. The molecule has 0 aliphatic carbocycles. The maximum absolute atomic E-state index is 12.3. The summed E-state index contributed by atoms with van der Waals surface area (Å²) >= 11 is 2.36. The van der Waals surface area contributed by atoms with Crippen molar-refractivity contribution in [1.29, 1.82) is 0 Å². The van der Waals surface area contributed by atoms with Crippen molar-refractivity contribution in [2.45, 2.75) is 13.3 Å². The number of non-ortho nitro benzene ring substituents is 1. The quantitative estimate of drug-likeness (QED) is 0.274. The van der Waals surface area contributed by atoms with Gasteiger partial charge >= 0.3 is 6.03 Å². The molecule has 2 aromatic heterocycles. The lowest BCUT2D eigenvalue weighted by molar-refractivity contribution is -0.384. The van der Waals surface area contributed by atoms with Crippen LogP contribution in [0.4, 0.5) is 26.4 Å². The number of rotatable bonds is 6. The second-order valence-electron chi connectivity index (χ2n) is 6.74. The number of nitrogens with zero attached hydrogens (tertiary/aromatic N) is 3. The van der Waals surface area contributed by atoms with E-state index in [9.17, 15) is 19.7 Å². The molecule has 162 valence electrons. The number of anilines is 3. The van der Waals surface area contributed by atoms with E-state index in [1.54, 1.807) is 23.6 Å². The van der Waals surface area contributed by atoms with Crippen molar-refractivity contribution in [3.05, 3.63) is 69.2 Å². The zero-order valence-corrected chi connectivity index (χ0v) is 18.3. The number of amides is 3. The first-order chi connectivity index (χ1) is 15.4. The number of nitro groups is 1. The number of hydrogen-bond acceptors (Lipinski definition) is 8. The fourth-order valence-corrected chi connectivity index (χ4v) is 4.37. The van der Waals surface area contributed by atoms with Crippen LogP contribution in [-0.2, 0) is 11.2 Å². The Morgan fingerprint density at radius 1 is 1.03 bits per heavy atom. The van der Waals surface area contributed by atoms with Crippen molar-refractivity contribution < 1.29 is 14.5 Å². The topological polar surface area (TPSA) is 139 Å². The third-order valence-electron chi connectivity index (χ3n) is 4.25. The number of carbonyl (C=O) groups is 2. The van der Waals surface area contributed by atoms with Gasteiger partial charge in [0.1, 0.15) is 0 Å². The summed E-state index contributed by atoms with van der Waals surface area (Å²) in [6, 6.07) is 11.3. The van der Waals surface area contributed by atoms with E-state index in [1.165, 1.54) is 23.5 Å². The third kappa shape index (κ3) is 5.22. The summed E-state index contributed by atoms with van der Waals surface area (Å²) in [5.74, 6) is -0.334. The maximum atomic E-state index is 12.3. The first-order valence-electron chi connectivity index (χ1n) is 9.29. The minimum absolute atomic E-state index is 0.00612. The molecule has 12 heteroatoms. The molecule has 10 nitrogen and oxygen atoms in total. The Labute approximate surface area is 189 Å². The maximum Gasteiger partial charge on any atom is 0.325 e. The van der Waals surface area contributed by atoms with E-state index in [4.69, 9.17) is 0 Å². The van der Waals surface area contributed by atoms with E-state index in [1.807, 2.05) is 19.1 Å². The Balaban J connectivity index is 1.33. The predicted molar refractivity (Wildman–Crippen MR) is 125 cm³/mol. The fraction of sp³-hybridized carbons (Fsp3) is 0.100. The molecule has 2 heterocycles. The summed E-state index contributed by atoms with van der Waals surface area (Å²) < 4.78 is 0.606. The lowest BCUT2D eigenvalue weighted by atomic mass is 10.2. The highest BCUT2D eigenvalue weighted by Crippen LogP contribution is 2.29. The Hall–Kier alpha value is -3.90. The molecule has 0 aliphatic rings. The van der Waals surface area contributed by atoms with Crippen LogP contribution in [0.15, 0.2) is 47.8 Å². The molecule has 0 saturated heterocycles. The Morgan fingerprint density at radius 2 is 1.81 bits per heavy atom. The molecule has 3 N–H and O–H groups in total. The number of hydrogen-bond donors (Lipinski definition) is 3. The number of nitrogens with one attached hydrogen (secondary N) is 3. The molecule has 3 amide bonds. The largest absolute Gasteiger partial charge is 0.325 e. The predicted octanol–water partition coefficient (Wildman–Crippen LogP) is 4.79. The highest BCUT2D eigenvalue weighted by atomic mass is 32.1. The van der Waals surface area contributed by atoms with Crippen LogP contribution in [0.2, 0.25) is 0 Å². The van der Waals surface area contributed by atoms with Gasteiger partial charge in [-0.1, -0.05) is 29.0 Å². The van der Waals surface area contributed by atoms with Gasteiger partial charge in [0.15, 0.2) is 10.3 Å². The van der Waals surface area contributed by atoms with Crippen LogP contribution in [-0.4, -0.2) is 26.8 Å². The number of benzene rings is 2. The molecule has 4 rings (SSSR count). The van der Waals surface area contributed by atoms with Gasteiger partial charge < -0.3 is 10.6 Å². The van der Waals surface area contributed by atoms with Gasteiger partial charge in [0.25, 0.3) is 5.69 Å². The number of carbonyl (C=O) groups excluding carboxylic acids is 2. The van der Waals surface area contributed by atoms with Crippen molar-refractivity contribution in [2.75, 3.05) is 16.0 Å². The number of aryl methyl sites for hydroxylation is 1. The monoisotopic (exact) mass is 468 g/mol. The molecule has 2 aromatic carbocycles. The van der Waals surface area contributed by atoms with Crippen molar-refractivity contribution in [3.63, 3.8) is 0 Å². The van der Waals surface area contributed by atoms with Crippen LogP contribution in [0.1, 0.15) is 11.3 Å². The lowest BCUT2D eigenvalue weighted by Gasteiger charge is -2.05. The number of urea groups is 1. The molecule has 0 atom stereocenters. The Morgan fingerprint density at radius 3 is 2.56 bits per heavy atom. The second-order valence-corrected chi connectivity index (χ2v) is 8.63. The van der Waals surface area contributed by atoms with E-state index >= 15 is 0 Å². The molecule has 32 heavy (non-hydrogen) atoms. The highest BCUT2D eigenvalue weighted by Gasteiger charge is 2.14. The van der Waals surface area contributed by atoms with Crippen molar-refractivity contribution in [2.24, 2.45) is 0 Å². The first kappa shape index (κ1) is 21.3. The average molecular weight is 469 g/mol. The second kappa shape index (κ2) is 9.08. The molecule has 0 aliphatic heterocycles. The summed E-state index contributed by atoms with van der Waals surface area (Å²) in [6.45, 7) is 1.96. The standard InChI is InChI=1S/C20H16N6O4S2/c1-11-2-4-12(5-3-11)21-18(28)25-19-22-13(10-31-19)8-17(27)24-20-23-15-7-6-14(26(29)30)9-16(15)32-20/h2-7,9-10H,8H2,1H3,(H,23,24,27)(H2,21,22,25,28). The third-order valence-corrected chi connectivity index (χ3v) is 5.99. The zero-order valence-electron chi connectivity index (χ0n) is 16.6. The Kier molecular flexibility index (Phi) is 6.05. The number of nitro benzene ring substituents is 1. The molecule has 0 spiro atoms. The van der Waals surface area contributed by atoms with E-state index in [0.717, 1.165) is 16.9 Å². The zero-order chi connectivity index (χ0) is 22.7. The van der Waals surface area contributed by atoms with Crippen LogP contribution in [0.25, 0.3) is 10.2 Å². The normalized spacial score (nSPS) is 10.7. The van der Waals surface area contributed by atoms with Gasteiger partial charge in [-0.25, -0.2) is 14.8 Å². The molecule has 0 unspecified atom stereocenters. The van der Waals surface area contributed by atoms with Crippen LogP contribution >= 0.6 is 22.7 Å². The number of thiazole rings is 2. The van der Waals surface area contributed by atoms with Crippen molar-refractivity contribution in [3.8, 4) is 0 Å². The van der Waals surface area contributed by atoms with Gasteiger partial charge in [-0.15, -0.1) is 11.3 Å². The SMILES string of the molecule is Cc1ccc(NC(=O)Nc2nc(CC(=O)Nc3nc4ccc([N+](=O)[O-])cc4s3)cs2)cc1. The number of fused-ring (bicyclic) bond motifs is 1. The van der Waals surface area contributed by atoms with Gasteiger partial charge in [-0.2, -0.15) is 0 Å². The van der Waals surface area contributed by atoms with Crippen LogP contribution in [0, 0.1) is 17.0 Å². The van der Waals surface area contributed by atoms with Crippen molar-refractivity contribution >= 4 is 66.5 Å². The average Bonchev–Trinajstić information content (AvgIpc) is 3.34. The lowest BCUT2D eigenvalue weighted by Crippen LogP contribution is -2.19. The summed E-state index contributed by atoms with van der Waals surface area (Å²) in [4.78, 5) is 43.4. The molecule has 4 aromatic rings. The van der Waals surface area contributed by atoms with Crippen LogP contribution in [0.5, 0.6) is 0 Å². The van der Waals surface area contributed by atoms with E-state index in [0.29, 0.717) is 31.9 Å². The summed E-state index contributed by atoms with van der Waals surface area (Å²) in [7, 11) is 0. The summed E-state index contributed by atoms with van der Waals surface area (Å²) in [5, 5.41) is 21.3. The van der Waals surface area contributed by atoms with Gasteiger partial charge in [-0.05, 0) is 25.1 Å². The van der Waals surface area contributed by atoms with Gasteiger partial charge in [0.05, 0.1) is 27.3 Å². The van der Waals surface area contributed by atoms with E-state index < -0.39 is 11.0 Å². The Bertz CT molecular complexity index is 1320. The molecule has 0 fully saturated rings. The van der Waals surface area contributed by atoms with Gasteiger partial charge in [0.2, 0.25) is 5.91 Å². The summed E-state index contributed by atoms with van der Waals surface area (Å²) in [6.07, 6.45) is -0.00612. The molecule has 0 radical (unpaired) electrons. The molecule has 0 bridgehead atoms. The van der Waals surface area contributed by atoms with Crippen LogP contribution in [0.3, 0.4) is 0 Å². The number of aromatic nitrogens is 2. The summed E-state index contributed by atoms with van der Waals surface area (Å²) in [5.41, 5.74) is 2.77. The highest BCUT2D eigenvalue weighted by molar-refractivity contribution is 7.22. The van der Waals surface area contributed by atoms with Gasteiger partial charge in [-0.3, -0.25) is 20.2 Å². The smallest absolute Gasteiger partial charge is 0.308 e. The molecular weight excluding hydrogens is 452 g/mol. The van der Waals surface area contributed by atoms with Crippen LogP contribution < -0.4 is 16.0 Å².